The average molecular weight is 154 g/mol. The molecule has 3 nitrogen and oxygen atoms in total. The highest BCUT2D eigenvalue weighted by molar-refractivity contribution is 5.14. The van der Waals surface area contributed by atoms with Gasteiger partial charge >= 0.3 is 0 Å². The van der Waals surface area contributed by atoms with Crippen molar-refractivity contribution in [3.63, 3.8) is 0 Å². The first-order valence-corrected chi connectivity index (χ1v) is 3.40. The molecule has 0 heterocycles. The summed E-state index contributed by atoms with van der Waals surface area (Å²) in [6, 6.07) is 9.83. The van der Waals surface area contributed by atoms with Crippen molar-refractivity contribution < 1.29 is 15.2 Å². The summed E-state index contributed by atoms with van der Waals surface area (Å²) in [5, 5.41) is 11.3. The van der Waals surface area contributed by atoms with Crippen LogP contribution in [0.5, 0.6) is 0 Å². The maximum atomic E-state index is 7.82. The van der Waals surface area contributed by atoms with E-state index < -0.39 is 0 Å². The van der Waals surface area contributed by atoms with Gasteiger partial charge in [-0.2, -0.15) is 0 Å². The van der Waals surface area contributed by atoms with Crippen LogP contribution in [-0.4, -0.2) is 11.9 Å². The third kappa shape index (κ3) is 3.13. The van der Waals surface area contributed by atoms with E-state index in [-0.39, 0.29) is 0 Å². The molecule has 0 atom stereocenters. The molecule has 0 aliphatic carbocycles. The Morgan fingerprint density at radius 3 is 2.55 bits per heavy atom. The molecular formula is C8H10O3. The van der Waals surface area contributed by atoms with Crippen LogP contribution in [0, 0.1) is 0 Å². The Morgan fingerprint density at radius 1 is 1.18 bits per heavy atom. The summed E-state index contributed by atoms with van der Waals surface area (Å²) in [7, 11) is 0. The first-order valence-electron chi connectivity index (χ1n) is 3.40. The summed E-state index contributed by atoms with van der Waals surface area (Å²) >= 11 is 0. The Morgan fingerprint density at radius 2 is 1.91 bits per heavy atom. The molecule has 0 radical (unpaired) electrons. The molecule has 0 amide bonds. The van der Waals surface area contributed by atoms with Crippen molar-refractivity contribution >= 4 is 0 Å². The van der Waals surface area contributed by atoms with Gasteiger partial charge in [0.15, 0.2) is 0 Å². The molecule has 11 heavy (non-hydrogen) atoms. The minimum Gasteiger partial charge on any atom is -0.221 e. The average Bonchev–Trinajstić information content (AvgIpc) is 2.07. The van der Waals surface area contributed by atoms with Crippen LogP contribution in [-0.2, 0) is 16.3 Å². The Kier molecular flexibility index (Phi) is 3.61. The zero-order valence-corrected chi connectivity index (χ0v) is 6.06. The van der Waals surface area contributed by atoms with Crippen molar-refractivity contribution in [1.29, 1.82) is 0 Å². The highest BCUT2D eigenvalue weighted by Gasteiger charge is 1.90. The molecule has 0 unspecified atom stereocenters. The number of benzene rings is 1. The Labute approximate surface area is 65.0 Å². The smallest absolute Gasteiger partial charge is 0.0894 e. The van der Waals surface area contributed by atoms with E-state index in [1.807, 2.05) is 30.3 Å². The van der Waals surface area contributed by atoms with Crippen molar-refractivity contribution in [3.8, 4) is 0 Å². The fourth-order valence-corrected chi connectivity index (χ4v) is 0.841. The Hall–Kier alpha value is -0.900. The van der Waals surface area contributed by atoms with Crippen LogP contribution in [0.1, 0.15) is 5.56 Å². The molecule has 3 heteroatoms. The molecule has 0 saturated heterocycles. The van der Waals surface area contributed by atoms with Gasteiger partial charge in [-0.1, -0.05) is 35.4 Å². The predicted molar refractivity (Wildman–Crippen MR) is 39.8 cm³/mol. The van der Waals surface area contributed by atoms with E-state index in [2.05, 4.69) is 9.93 Å². The van der Waals surface area contributed by atoms with E-state index in [9.17, 15) is 0 Å². The van der Waals surface area contributed by atoms with Crippen molar-refractivity contribution in [2.75, 3.05) is 6.61 Å². The normalized spacial score (nSPS) is 9.91. The first kappa shape index (κ1) is 8.20. The molecule has 0 aliphatic rings. The van der Waals surface area contributed by atoms with Crippen LogP contribution in [0.3, 0.4) is 0 Å². The SMILES string of the molecule is OOOCCc1ccccc1. The lowest BCUT2D eigenvalue weighted by Crippen LogP contribution is -1.96. The summed E-state index contributed by atoms with van der Waals surface area (Å²) < 4.78 is 0. The molecular weight excluding hydrogens is 144 g/mol. The number of rotatable bonds is 4. The van der Waals surface area contributed by atoms with Crippen molar-refractivity contribution in [2.45, 2.75) is 6.42 Å². The number of hydrogen-bond acceptors (Lipinski definition) is 3. The third-order valence-corrected chi connectivity index (χ3v) is 1.37. The fourth-order valence-electron chi connectivity index (χ4n) is 0.841. The van der Waals surface area contributed by atoms with Gasteiger partial charge in [0.1, 0.15) is 0 Å². The number of hydrogen-bond donors (Lipinski definition) is 1. The highest BCUT2D eigenvalue weighted by Crippen LogP contribution is 1.98. The van der Waals surface area contributed by atoms with Crippen molar-refractivity contribution in [2.24, 2.45) is 0 Å². The molecule has 1 N–H and O–H groups in total. The predicted octanol–water partition coefficient (Wildman–Crippen LogP) is 1.65. The van der Waals surface area contributed by atoms with Crippen LogP contribution < -0.4 is 0 Å². The molecule has 60 valence electrons. The second kappa shape index (κ2) is 4.85. The standard InChI is InChI=1S/C8H10O3/c9-11-10-7-6-8-4-2-1-3-5-8/h1-5,9H,6-7H2. The molecule has 0 bridgehead atoms. The molecule has 0 aromatic heterocycles. The quantitative estimate of drug-likeness (QED) is 0.407. The largest absolute Gasteiger partial charge is 0.221 e. The van der Waals surface area contributed by atoms with Gasteiger partial charge in [0.2, 0.25) is 0 Å². The van der Waals surface area contributed by atoms with Gasteiger partial charge in [-0.15, -0.1) is 0 Å². The van der Waals surface area contributed by atoms with Crippen LogP contribution >= 0.6 is 0 Å². The summed E-state index contributed by atoms with van der Waals surface area (Å²) in [5.41, 5.74) is 1.16. The lowest BCUT2D eigenvalue weighted by atomic mass is 10.2. The molecule has 0 spiro atoms. The van der Waals surface area contributed by atoms with Gasteiger partial charge in [-0.05, 0) is 12.0 Å². The lowest BCUT2D eigenvalue weighted by molar-refractivity contribution is -0.490. The van der Waals surface area contributed by atoms with E-state index in [1.54, 1.807) is 0 Å². The Balaban J connectivity index is 2.28. The minimum atomic E-state index is 0.362. The van der Waals surface area contributed by atoms with Crippen LogP contribution in [0.25, 0.3) is 0 Å². The minimum absolute atomic E-state index is 0.362. The van der Waals surface area contributed by atoms with Gasteiger partial charge in [0.25, 0.3) is 0 Å². The monoisotopic (exact) mass is 154 g/mol. The summed E-state index contributed by atoms with van der Waals surface area (Å²) in [6.07, 6.45) is 0.737. The molecule has 1 rings (SSSR count). The topological polar surface area (TPSA) is 38.7 Å². The van der Waals surface area contributed by atoms with Crippen molar-refractivity contribution in [3.05, 3.63) is 35.9 Å². The van der Waals surface area contributed by atoms with E-state index in [0.29, 0.717) is 6.61 Å². The second-order valence-corrected chi connectivity index (χ2v) is 2.13. The molecule has 1 aromatic rings. The van der Waals surface area contributed by atoms with Gasteiger partial charge in [0.05, 0.1) is 6.61 Å². The maximum absolute atomic E-state index is 7.82. The summed E-state index contributed by atoms with van der Waals surface area (Å²) in [5.74, 6) is 0. The molecule has 0 aliphatic heterocycles. The highest BCUT2D eigenvalue weighted by atomic mass is 17.5. The lowest BCUT2D eigenvalue weighted by Gasteiger charge is -1.97. The van der Waals surface area contributed by atoms with Gasteiger partial charge in [-0.3, -0.25) is 0 Å². The third-order valence-electron chi connectivity index (χ3n) is 1.37. The molecule has 0 fully saturated rings. The second-order valence-electron chi connectivity index (χ2n) is 2.13. The molecule has 0 saturated carbocycles. The Bertz CT molecular complexity index is 186. The van der Waals surface area contributed by atoms with E-state index in [4.69, 9.17) is 5.26 Å². The van der Waals surface area contributed by atoms with Crippen molar-refractivity contribution in [1.82, 2.24) is 0 Å². The fraction of sp³-hybridized carbons (Fsp3) is 0.250. The van der Waals surface area contributed by atoms with Crippen LogP contribution in [0.4, 0.5) is 0 Å². The zero-order valence-electron chi connectivity index (χ0n) is 6.06. The van der Waals surface area contributed by atoms with E-state index >= 15 is 0 Å². The van der Waals surface area contributed by atoms with Gasteiger partial charge < -0.3 is 0 Å². The zero-order chi connectivity index (χ0) is 7.94. The maximum Gasteiger partial charge on any atom is 0.0894 e. The van der Waals surface area contributed by atoms with Crippen LogP contribution in [0.2, 0.25) is 0 Å². The van der Waals surface area contributed by atoms with E-state index in [1.165, 1.54) is 0 Å². The molecule has 1 aromatic carbocycles. The van der Waals surface area contributed by atoms with Gasteiger partial charge in [0, 0.05) is 0 Å². The van der Waals surface area contributed by atoms with Crippen LogP contribution in [0.15, 0.2) is 30.3 Å². The summed E-state index contributed by atoms with van der Waals surface area (Å²) in [6.45, 7) is 0.362. The van der Waals surface area contributed by atoms with E-state index in [0.717, 1.165) is 12.0 Å². The van der Waals surface area contributed by atoms with Gasteiger partial charge in [-0.25, -0.2) is 10.1 Å². The first-order chi connectivity index (χ1) is 5.43. The summed E-state index contributed by atoms with van der Waals surface area (Å²) in [4.78, 5) is 4.29.